The number of hydrogen-bond acceptors (Lipinski definition) is 5. The number of phenolic OH excluding ortho intramolecular Hbond substituents is 1. The molecule has 3 N–H and O–H groups in total. The van der Waals surface area contributed by atoms with Crippen LogP contribution in [0.15, 0.2) is 66.9 Å². The van der Waals surface area contributed by atoms with Crippen LogP contribution in [0.4, 0.5) is 11.8 Å². The van der Waals surface area contributed by atoms with E-state index < -0.39 is 0 Å². The fourth-order valence-electron chi connectivity index (χ4n) is 2.60. The topological polar surface area (TPSA) is 70.1 Å². The molecule has 0 fully saturated rings. The highest BCUT2D eigenvalue weighted by Crippen LogP contribution is 2.18. The first kappa shape index (κ1) is 16.8. The van der Waals surface area contributed by atoms with Crippen molar-refractivity contribution in [3.8, 4) is 5.75 Å². The number of rotatable bonds is 7. The van der Waals surface area contributed by atoms with Crippen LogP contribution >= 0.6 is 0 Å². The Balaban J connectivity index is 1.56. The predicted octanol–water partition coefficient (Wildman–Crippen LogP) is 4.01. The normalized spacial score (nSPS) is 11.7. The third kappa shape index (κ3) is 4.94. The molecule has 128 valence electrons. The summed E-state index contributed by atoms with van der Waals surface area (Å²) in [4.78, 5) is 8.76. The van der Waals surface area contributed by atoms with E-state index in [0.717, 1.165) is 17.8 Å². The summed E-state index contributed by atoms with van der Waals surface area (Å²) >= 11 is 0. The van der Waals surface area contributed by atoms with E-state index in [4.69, 9.17) is 0 Å². The smallest absolute Gasteiger partial charge is 0.224 e. The zero-order valence-corrected chi connectivity index (χ0v) is 14.2. The van der Waals surface area contributed by atoms with Gasteiger partial charge in [-0.25, -0.2) is 4.98 Å². The molecule has 1 heterocycles. The molecule has 1 unspecified atom stereocenters. The maximum Gasteiger partial charge on any atom is 0.224 e. The fraction of sp³-hybridized carbons (Fsp3) is 0.200. The van der Waals surface area contributed by atoms with E-state index in [1.54, 1.807) is 18.3 Å². The first-order valence-electron chi connectivity index (χ1n) is 8.37. The zero-order chi connectivity index (χ0) is 17.5. The van der Waals surface area contributed by atoms with Crippen LogP contribution in [0, 0.1) is 0 Å². The molecule has 5 heteroatoms. The Morgan fingerprint density at radius 1 is 1.04 bits per heavy atom. The third-order valence-corrected chi connectivity index (χ3v) is 3.93. The van der Waals surface area contributed by atoms with Crippen molar-refractivity contribution in [2.75, 3.05) is 17.2 Å². The standard InChI is InChI=1S/C20H22N4O/c1-15(17-7-3-2-4-8-17)23-19-11-13-22-20(24-19)21-12-10-16-6-5-9-18(25)14-16/h2-9,11,13-15,25H,10,12H2,1H3,(H2,21,22,23,24). The van der Waals surface area contributed by atoms with Gasteiger partial charge in [0.05, 0.1) is 0 Å². The van der Waals surface area contributed by atoms with Gasteiger partial charge in [-0.3, -0.25) is 0 Å². The van der Waals surface area contributed by atoms with Crippen LogP contribution in [0.2, 0.25) is 0 Å². The quantitative estimate of drug-likeness (QED) is 0.609. The first-order valence-corrected chi connectivity index (χ1v) is 8.37. The van der Waals surface area contributed by atoms with Crippen LogP contribution in [0.3, 0.4) is 0 Å². The Kier molecular flexibility index (Phi) is 5.46. The number of nitrogens with one attached hydrogen (secondary N) is 2. The summed E-state index contributed by atoms with van der Waals surface area (Å²) in [5.41, 5.74) is 2.28. The molecule has 0 spiro atoms. The Hall–Kier alpha value is -3.08. The van der Waals surface area contributed by atoms with Gasteiger partial charge in [0.1, 0.15) is 11.6 Å². The number of nitrogens with zero attached hydrogens (tertiary/aromatic N) is 2. The second-order valence-electron chi connectivity index (χ2n) is 5.89. The third-order valence-electron chi connectivity index (χ3n) is 3.93. The SMILES string of the molecule is CC(Nc1ccnc(NCCc2cccc(O)c2)n1)c1ccccc1. The van der Waals surface area contributed by atoms with E-state index >= 15 is 0 Å². The second kappa shape index (κ2) is 8.15. The van der Waals surface area contributed by atoms with Crippen LogP contribution in [0.25, 0.3) is 0 Å². The number of benzene rings is 2. The monoisotopic (exact) mass is 334 g/mol. The summed E-state index contributed by atoms with van der Waals surface area (Å²) in [6, 6.07) is 19.5. The number of aromatic hydroxyl groups is 1. The van der Waals surface area contributed by atoms with Crippen molar-refractivity contribution in [3.63, 3.8) is 0 Å². The van der Waals surface area contributed by atoms with E-state index in [0.29, 0.717) is 12.5 Å². The van der Waals surface area contributed by atoms with Crippen molar-refractivity contribution in [2.24, 2.45) is 0 Å². The van der Waals surface area contributed by atoms with Crippen molar-refractivity contribution >= 4 is 11.8 Å². The Labute approximate surface area is 147 Å². The van der Waals surface area contributed by atoms with Crippen LogP contribution in [0.5, 0.6) is 5.75 Å². The molecule has 3 aromatic rings. The largest absolute Gasteiger partial charge is 0.508 e. The Morgan fingerprint density at radius 2 is 1.88 bits per heavy atom. The van der Waals surface area contributed by atoms with E-state index in [1.807, 2.05) is 36.4 Å². The first-order chi connectivity index (χ1) is 12.2. The molecule has 2 aromatic carbocycles. The summed E-state index contributed by atoms with van der Waals surface area (Å²) in [7, 11) is 0. The zero-order valence-electron chi connectivity index (χ0n) is 14.2. The van der Waals surface area contributed by atoms with Gasteiger partial charge in [-0.15, -0.1) is 0 Å². The second-order valence-corrected chi connectivity index (χ2v) is 5.89. The maximum atomic E-state index is 9.49. The minimum absolute atomic E-state index is 0.163. The van der Waals surface area contributed by atoms with Gasteiger partial charge in [-0.1, -0.05) is 42.5 Å². The van der Waals surface area contributed by atoms with Gasteiger partial charge in [-0.05, 0) is 42.7 Å². The van der Waals surface area contributed by atoms with Gasteiger partial charge in [0.25, 0.3) is 0 Å². The minimum Gasteiger partial charge on any atom is -0.508 e. The molecule has 3 rings (SSSR count). The lowest BCUT2D eigenvalue weighted by Crippen LogP contribution is -2.11. The molecule has 5 nitrogen and oxygen atoms in total. The van der Waals surface area contributed by atoms with Crippen molar-refractivity contribution in [1.82, 2.24) is 9.97 Å². The highest BCUT2D eigenvalue weighted by Gasteiger charge is 2.06. The highest BCUT2D eigenvalue weighted by atomic mass is 16.3. The average molecular weight is 334 g/mol. The lowest BCUT2D eigenvalue weighted by atomic mass is 10.1. The van der Waals surface area contributed by atoms with E-state index in [-0.39, 0.29) is 11.8 Å². The van der Waals surface area contributed by atoms with Gasteiger partial charge < -0.3 is 15.7 Å². The molecule has 0 amide bonds. The molecular weight excluding hydrogens is 312 g/mol. The summed E-state index contributed by atoms with van der Waals surface area (Å²) in [6.07, 6.45) is 2.53. The molecule has 0 saturated heterocycles. The molecular formula is C20H22N4O. The maximum absolute atomic E-state index is 9.49. The van der Waals surface area contributed by atoms with Gasteiger partial charge in [0.15, 0.2) is 0 Å². The molecule has 0 aliphatic rings. The predicted molar refractivity (Wildman–Crippen MR) is 101 cm³/mol. The van der Waals surface area contributed by atoms with Crippen molar-refractivity contribution < 1.29 is 5.11 Å². The summed E-state index contributed by atoms with van der Waals surface area (Å²) < 4.78 is 0. The summed E-state index contributed by atoms with van der Waals surface area (Å²) in [5, 5.41) is 16.1. The van der Waals surface area contributed by atoms with E-state index in [9.17, 15) is 5.11 Å². The molecule has 25 heavy (non-hydrogen) atoms. The van der Waals surface area contributed by atoms with Crippen molar-refractivity contribution in [3.05, 3.63) is 78.0 Å². The molecule has 0 bridgehead atoms. The number of hydrogen-bond donors (Lipinski definition) is 3. The molecule has 0 aliphatic carbocycles. The lowest BCUT2D eigenvalue weighted by Gasteiger charge is -2.15. The van der Waals surface area contributed by atoms with Crippen LogP contribution < -0.4 is 10.6 Å². The fourth-order valence-corrected chi connectivity index (χ4v) is 2.60. The van der Waals surface area contributed by atoms with Gasteiger partial charge >= 0.3 is 0 Å². The molecule has 0 radical (unpaired) electrons. The molecule has 1 atom stereocenters. The number of anilines is 2. The summed E-state index contributed by atoms with van der Waals surface area (Å²) in [6.45, 7) is 2.80. The number of aromatic nitrogens is 2. The molecule has 1 aromatic heterocycles. The lowest BCUT2D eigenvalue weighted by molar-refractivity contribution is 0.474. The highest BCUT2D eigenvalue weighted by molar-refractivity contribution is 5.42. The van der Waals surface area contributed by atoms with Crippen molar-refractivity contribution in [2.45, 2.75) is 19.4 Å². The molecule has 0 saturated carbocycles. The Morgan fingerprint density at radius 3 is 2.68 bits per heavy atom. The van der Waals surface area contributed by atoms with E-state index in [2.05, 4.69) is 39.7 Å². The van der Waals surface area contributed by atoms with Crippen LogP contribution in [-0.4, -0.2) is 21.6 Å². The van der Waals surface area contributed by atoms with Gasteiger partial charge in [0, 0.05) is 18.8 Å². The van der Waals surface area contributed by atoms with Gasteiger partial charge in [-0.2, -0.15) is 4.98 Å². The van der Waals surface area contributed by atoms with E-state index in [1.165, 1.54) is 5.56 Å². The number of phenols is 1. The Bertz CT molecular complexity index is 808. The minimum atomic E-state index is 0.163. The van der Waals surface area contributed by atoms with Crippen molar-refractivity contribution in [1.29, 1.82) is 0 Å². The average Bonchev–Trinajstić information content (AvgIpc) is 2.63. The van der Waals surface area contributed by atoms with Gasteiger partial charge in [0.2, 0.25) is 5.95 Å². The van der Waals surface area contributed by atoms with Crippen LogP contribution in [0.1, 0.15) is 24.1 Å². The van der Waals surface area contributed by atoms with Crippen LogP contribution in [-0.2, 0) is 6.42 Å². The molecule has 0 aliphatic heterocycles. The summed E-state index contributed by atoms with van der Waals surface area (Å²) in [5.74, 6) is 1.66.